The summed E-state index contributed by atoms with van der Waals surface area (Å²) in [4.78, 5) is 14.9. The normalized spacial score (nSPS) is 23.6. The number of rotatable bonds is 2. The molecule has 0 saturated carbocycles. The molecule has 1 aliphatic heterocycles. The van der Waals surface area contributed by atoms with Gasteiger partial charge < -0.3 is 14.7 Å². The lowest BCUT2D eigenvalue weighted by atomic mass is 9.71. The minimum Gasteiger partial charge on any atom is -0.360 e. The number of likely N-dealkylation sites (tertiary alicyclic amines) is 1. The molecule has 1 fully saturated rings. The smallest absolute Gasteiger partial charge is 0.273 e. The van der Waals surface area contributed by atoms with Crippen LogP contribution < -0.4 is 5.32 Å². The summed E-state index contributed by atoms with van der Waals surface area (Å²) in [5.41, 5.74) is 1.81. The molecule has 3 rings (SSSR count). The van der Waals surface area contributed by atoms with Gasteiger partial charge in [-0.05, 0) is 57.2 Å². The van der Waals surface area contributed by atoms with Crippen molar-refractivity contribution in [1.82, 2.24) is 15.4 Å². The molecular formula is C18H29N3O2. The van der Waals surface area contributed by atoms with Crippen molar-refractivity contribution in [3.63, 3.8) is 0 Å². The van der Waals surface area contributed by atoms with Gasteiger partial charge in [-0.15, -0.1) is 0 Å². The Labute approximate surface area is 138 Å². The Kier molecular flexibility index (Phi) is 4.50. The zero-order valence-electron chi connectivity index (χ0n) is 14.8. The van der Waals surface area contributed by atoms with Crippen molar-refractivity contribution in [2.75, 3.05) is 20.1 Å². The highest BCUT2D eigenvalue weighted by molar-refractivity contribution is 5.94. The van der Waals surface area contributed by atoms with Crippen LogP contribution in [-0.4, -0.2) is 42.1 Å². The Balaban J connectivity index is 1.70. The molecule has 1 aliphatic carbocycles. The van der Waals surface area contributed by atoms with E-state index in [-0.39, 0.29) is 17.4 Å². The van der Waals surface area contributed by atoms with E-state index < -0.39 is 0 Å². The summed E-state index contributed by atoms with van der Waals surface area (Å²) >= 11 is 0. The summed E-state index contributed by atoms with van der Waals surface area (Å²) in [6.45, 7) is 8.89. The molecule has 128 valence electrons. The van der Waals surface area contributed by atoms with E-state index in [1.165, 1.54) is 0 Å². The number of hydrogen-bond acceptors (Lipinski definition) is 4. The van der Waals surface area contributed by atoms with Crippen molar-refractivity contribution in [2.24, 2.45) is 11.3 Å². The molecule has 0 unspecified atom stereocenters. The van der Waals surface area contributed by atoms with Crippen LogP contribution in [0.2, 0.25) is 0 Å². The first kappa shape index (κ1) is 16.5. The monoisotopic (exact) mass is 319 g/mol. The second-order valence-corrected chi connectivity index (χ2v) is 8.29. The molecule has 1 aromatic rings. The molecule has 0 bridgehead atoms. The molecule has 1 aromatic heterocycles. The fourth-order valence-corrected chi connectivity index (χ4v) is 3.73. The minimum atomic E-state index is -0.0564. The first-order chi connectivity index (χ1) is 10.8. The highest BCUT2D eigenvalue weighted by Crippen LogP contribution is 2.38. The van der Waals surface area contributed by atoms with Gasteiger partial charge in [0, 0.05) is 18.0 Å². The Morgan fingerprint density at radius 2 is 1.96 bits per heavy atom. The molecule has 1 saturated heterocycles. The molecular weight excluding hydrogens is 290 g/mol. The van der Waals surface area contributed by atoms with Crippen LogP contribution >= 0.6 is 0 Å². The van der Waals surface area contributed by atoms with Gasteiger partial charge in [-0.3, -0.25) is 4.79 Å². The number of aryl methyl sites for hydroxylation is 1. The number of nitrogens with one attached hydrogen (secondary N) is 1. The zero-order valence-corrected chi connectivity index (χ0v) is 14.8. The molecule has 1 N–H and O–H groups in total. The van der Waals surface area contributed by atoms with E-state index in [1.807, 2.05) is 0 Å². The van der Waals surface area contributed by atoms with E-state index in [0.29, 0.717) is 11.6 Å². The highest BCUT2D eigenvalue weighted by Gasteiger charge is 2.34. The average molecular weight is 319 g/mol. The van der Waals surface area contributed by atoms with Gasteiger partial charge in [0.05, 0.1) is 0 Å². The van der Waals surface area contributed by atoms with E-state index in [0.717, 1.165) is 56.5 Å². The highest BCUT2D eigenvalue weighted by atomic mass is 16.5. The third kappa shape index (κ3) is 3.60. The molecule has 1 amide bonds. The Morgan fingerprint density at radius 1 is 1.26 bits per heavy atom. The van der Waals surface area contributed by atoms with Crippen LogP contribution in [0, 0.1) is 11.3 Å². The number of nitrogens with zero attached hydrogens (tertiary/aromatic N) is 2. The van der Waals surface area contributed by atoms with Crippen LogP contribution in [0.5, 0.6) is 0 Å². The number of piperidine rings is 1. The van der Waals surface area contributed by atoms with Gasteiger partial charge in [-0.1, -0.05) is 25.9 Å². The van der Waals surface area contributed by atoms with Crippen molar-refractivity contribution >= 4 is 5.91 Å². The van der Waals surface area contributed by atoms with Crippen molar-refractivity contribution in [1.29, 1.82) is 0 Å². The second-order valence-electron chi connectivity index (χ2n) is 8.29. The summed E-state index contributed by atoms with van der Waals surface area (Å²) in [6, 6.07) is 0.257. The van der Waals surface area contributed by atoms with E-state index in [4.69, 9.17) is 4.52 Å². The number of carbonyl (C=O) groups is 1. The average Bonchev–Trinajstić information content (AvgIpc) is 2.92. The Morgan fingerprint density at radius 3 is 2.61 bits per heavy atom. The number of fused-ring (bicyclic) bond motifs is 1. The summed E-state index contributed by atoms with van der Waals surface area (Å²) in [6.07, 6.45) is 4.92. The van der Waals surface area contributed by atoms with E-state index >= 15 is 0 Å². The quantitative estimate of drug-likeness (QED) is 0.910. The standard InChI is InChI=1S/C18H29N3O2/c1-18(2,3)12-5-6-15-14(11-12)16(20-23-15)17(22)19-13-7-9-21(4)10-8-13/h12-13H,5-11H2,1-4H3,(H,19,22)/t12-/m1/s1. The van der Waals surface area contributed by atoms with Crippen molar-refractivity contribution < 1.29 is 9.32 Å². The summed E-state index contributed by atoms with van der Waals surface area (Å²) in [7, 11) is 2.12. The molecule has 0 aromatic carbocycles. The summed E-state index contributed by atoms with van der Waals surface area (Å²) < 4.78 is 5.46. The van der Waals surface area contributed by atoms with Crippen LogP contribution in [0.15, 0.2) is 4.52 Å². The van der Waals surface area contributed by atoms with Crippen LogP contribution in [0.1, 0.15) is 61.8 Å². The molecule has 1 atom stereocenters. The zero-order chi connectivity index (χ0) is 16.6. The van der Waals surface area contributed by atoms with Crippen LogP contribution in [0.25, 0.3) is 0 Å². The third-order valence-electron chi connectivity index (χ3n) is 5.53. The summed E-state index contributed by atoms with van der Waals surface area (Å²) in [5, 5.41) is 7.25. The molecule has 2 aliphatic rings. The van der Waals surface area contributed by atoms with E-state index in [9.17, 15) is 4.79 Å². The molecule has 0 radical (unpaired) electrons. The largest absolute Gasteiger partial charge is 0.360 e. The van der Waals surface area contributed by atoms with Gasteiger partial charge >= 0.3 is 0 Å². The number of carbonyl (C=O) groups excluding carboxylic acids is 1. The van der Waals surface area contributed by atoms with Crippen molar-refractivity contribution in [3.05, 3.63) is 17.0 Å². The Hall–Kier alpha value is -1.36. The van der Waals surface area contributed by atoms with Crippen LogP contribution in [0.4, 0.5) is 0 Å². The maximum atomic E-state index is 12.6. The van der Waals surface area contributed by atoms with Gasteiger partial charge in [0.2, 0.25) is 0 Å². The molecule has 5 nitrogen and oxygen atoms in total. The molecule has 0 spiro atoms. The third-order valence-corrected chi connectivity index (χ3v) is 5.53. The lowest BCUT2D eigenvalue weighted by Gasteiger charge is -2.33. The SMILES string of the molecule is CN1CCC(NC(=O)c2noc3c2C[C@H](C(C)(C)C)CC3)CC1. The molecule has 23 heavy (non-hydrogen) atoms. The fourth-order valence-electron chi connectivity index (χ4n) is 3.73. The maximum absolute atomic E-state index is 12.6. The molecule has 2 heterocycles. The predicted molar refractivity (Wildman–Crippen MR) is 89.5 cm³/mol. The van der Waals surface area contributed by atoms with Crippen LogP contribution in [-0.2, 0) is 12.8 Å². The first-order valence-corrected chi connectivity index (χ1v) is 8.81. The fraction of sp³-hybridized carbons (Fsp3) is 0.778. The second kappa shape index (κ2) is 6.27. The van der Waals surface area contributed by atoms with Gasteiger partial charge in [0.25, 0.3) is 5.91 Å². The predicted octanol–water partition coefficient (Wildman–Crippen LogP) is 2.65. The Bertz CT molecular complexity index is 565. The number of hydrogen-bond donors (Lipinski definition) is 1. The number of aromatic nitrogens is 1. The lowest BCUT2D eigenvalue weighted by molar-refractivity contribution is 0.0906. The topological polar surface area (TPSA) is 58.4 Å². The molecule has 5 heteroatoms. The first-order valence-electron chi connectivity index (χ1n) is 8.81. The lowest BCUT2D eigenvalue weighted by Crippen LogP contribution is -2.43. The van der Waals surface area contributed by atoms with Crippen LogP contribution in [0.3, 0.4) is 0 Å². The van der Waals surface area contributed by atoms with Gasteiger partial charge in [-0.2, -0.15) is 0 Å². The van der Waals surface area contributed by atoms with Crippen molar-refractivity contribution in [2.45, 2.75) is 58.9 Å². The maximum Gasteiger partial charge on any atom is 0.273 e. The van der Waals surface area contributed by atoms with E-state index in [1.54, 1.807) is 0 Å². The minimum absolute atomic E-state index is 0.0564. The van der Waals surface area contributed by atoms with Gasteiger partial charge in [-0.25, -0.2) is 0 Å². The van der Waals surface area contributed by atoms with Gasteiger partial charge in [0.15, 0.2) is 5.69 Å². The van der Waals surface area contributed by atoms with Gasteiger partial charge in [0.1, 0.15) is 5.76 Å². The number of amides is 1. The van der Waals surface area contributed by atoms with E-state index in [2.05, 4.69) is 43.2 Å². The summed E-state index contributed by atoms with van der Waals surface area (Å²) in [5.74, 6) is 1.43. The van der Waals surface area contributed by atoms with Crippen molar-refractivity contribution in [3.8, 4) is 0 Å².